The molecule has 1 aromatic carbocycles. The minimum Gasteiger partial charge on any atom is -0.382 e. The normalized spacial score (nSPS) is 15.7. The van der Waals surface area contributed by atoms with Crippen molar-refractivity contribution in [3.05, 3.63) is 50.7 Å². The second-order valence-electron chi connectivity index (χ2n) is 6.37. The number of hydrogen-bond acceptors (Lipinski definition) is 7. The molecule has 0 spiro atoms. The maximum atomic E-state index is 13.7. The van der Waals surface area contributed by atoms with Crippen LogP contribution >= 0.6 is 34.7 Å². The zero-order valence-electron chi connectivity index (χ0n) is 14.3. The van der Waals surface area contributed by atoms with Crippen molar-refractivity contribution in [2.45, 2.75) is 17.6 Å². The minimum absolute atomic E-state index is 0.00613. The summed E-state index contributed by atoms with van der Waals surface area (Å²) in [5.74, 6) is 0.0860. The van der Waals surface area contributed by atoms with Gasteiger partial charge in [0.1, 0.15) is 22.3 Å². The van der Waals surface area contributed by atoms with Gasteiger partial charge in [-0.05, 0) is 25.1 Å². The third-order valence-electron chi connectivity index (χ3n) is 4.33. The fourth-order valence-corrected chi connectivity index (χ4v) is 5.02. The Kier molecular flexibility index (Phi) is 4.94. The van der Waals surface area contributed by atoms with Gasteiger partial charge in [0.25, 0.3) is 0 Å². The van der Waals surface area contributed by atoms with Crippen molar-refractivity contribution in [3.63, 3.8) is 0 Å². The predicted molar refractivity (Wildman–Crippen MR) is 105 cm³/mol. The van der Waals surface area contributed by atoms with Gasteiger partial charge in [-0.3, -0.25) is 4.79 Å². The number of thiophene rings is 1. The van der Waals surface area contributed by atoms with E-state index in [1.165, 1.54) is 35.2 Å². The number of carbonyl (C=O) groups is 1. The highest BCUT2D eigenvalue weighted by Crippen LogP contribution is 2.33. The molecule has 0 radical (unpaired) electrons. The van der Waals surface area contributed by atoms with E-state index in [4.69, 9.17) is 11.6 Å². The van der Waals surface area contributed by atoms with Gasteiger partial charge in [-0.2, -0.15) is 0 Å². The first-order valence-corrected chi connectivity index (χ1v) is 10.4. The van der Waals surface area contributed by atoms with E-state index in [-0.39, 0.29) is 16.6 Å². The summed E-state index contributed by atoms with van der Waals surface area (Å²) in [7, 11) is 0. The van der Waals surface area contributed by atoms with Crippen LogP contribution in [-0.2, 0) is 5.60 Å². The number of nitrogens with zero attached hydrogens (tertiary/aromatic N) is 2. The molecule has 3 aromatic rings. The van der Waals surface area contributed by atoms with Gasteiger partial charge in [0.15, 0.2) is 5.78 Å². The molecule has 2 N–H and O–H groups in total. The number of aliphatic hydroxyl groups is 1. The Morgan fingerprint density at radius 3 is 2.89 bits per heavy atom. The Morgan fingerprint density at radius 2 is 2.19 bits per heavy atom. The molecular weight excluding hydrogens is 409 g/mol. The lowest BCUT2D eigenvalue weighted by Gasteiger charge is -2.36. The summed E-state index contributed by atoms with van der Waals surface area (Å²) in [6.07, 6.45) is 0. The Hall–Kier alpha value is -1.58. The van der Waals surface area contributed by atoms with Crippen LogP contribution in [0.1, 0.15) is 20.4 Å². The molecule has 1 aliphatic rings. The molecule has 1 fully saturated rings. The zero-order valence-corrected chi connectivity index (χ0v) is 16.6. The van der Waals surface area contributed by atoms with Crippen molar-refractivity contribution in [1.82, 2.24) is 15.3 Å². The molecular formula is C18H15ClFN3O2S2. The van der Waals surface area contributed by atoms with E-state index in [2.05, 4.69) is 15.3 Å². The van der Waals surface area contributed by atoms with Crippen LogP contribution in [0.25, 0.3) is 10.9 Å². The number of carbonyl (C=O) groups excluding carboxylic acids is 1. The molecule has 3 heterocycles. The predicted octanol–water partition coefficient (Wildman–Crippen LogP) is 3.56. The molecule has 140 valence electrons. The van der Waals surface area contributed by atoms with Crippen molar-refractivity contribution in [2.75, 3.05) is 18.8 Å². The van der Waals surface area contributed by atoms with Crippen molar-refractivity contribution < 1.29 is 14.3 Å². The third kappa shape index (κ3) is 3.60. The number of Topliss-reactive ketones (excluding diaryl/α,β-unsaturated/α-hetero) is 1. The highest BCUT2D eigenvalue weighted by atomic mass is 35.5. The number of hydrogen-bond donors (Lipinski definition) is 2. The maximum Gasteiger partial charge on any atom is 0.183 e. The summed E-state index contributed by atoms with van der Waals surface area (Å²) in [6.45, 7) is 2.72. The van der Waals surface area contributed by atoms with Crippen LogP contribution in [0.5, 0.6) is 0 Å². The molecule has 0 aliphatic carbocycles. The van der Waals surface area contributed by atoms with Crippen LogP contribution < -0.4 is 5.32 Å². The maximum absolute atomic E-state index is 13.7. The van der Waals surface area contributed by atoms with Crippen LogP contribution in [0.4, 0.5) is 4.39 Å². The number of β-amino-alcohol motifs (C(OH)–C–C–N with tert-alkyl or cyclic N) is 1. The molecule has 0 bridgehead atoms. The summed E-state index contributed by atoms with van der Waals surface area (Å²) in [5.41, 5.74) is -0.408. The smallest absolute Gasteiger partial charge is 0.183 e. The van der Waals surface area contributed by atoms with Crippen LogP contribution in [0.2, 0.25) is 5.02 Å². The number of rotatable bonds is 5. The molecule has 27 heavy (non-hydrogen) atoms. The largest absolute Gasteiger partial charge is 0.382 e. The summed E-state index contributed by atoms with van der Waals surface area (Å²) in [4.78, 5) is 22.6. The zero-order chi connectivity index (χ0) is 19.2. The second kappa shape index (κ2) is 7.10. The van der Waals surface area contributed by atoms with Crippen LogP contribution in [0, 0.1) is 12.7 Å². The first kappa shape index (κ1) is 18.8. The highest BCUT2D eigenvalue weighted by molar-refractivity contribution is 8.00. The number of ketones is 1. The Morgan fingerprint density at radius 1 is 1.41 bits per heavy atom. The van der Waals surface area contributed by atoms with Gasteiger partial charge in [0.2, 0.25) is 0 Å². The topological polar surface area (TPSA) is 75.1 Å². The van der Waals surface area contributed by atoms with Crippen LogP contribution in [0.15, 0.2) is 29.3 Å². The van der Waals surface area contributed by atoms with Gasteiger partial charge in [-0.1, -0.05) is 23.4 Å². The fourth-order valence-electron chi connectivity index (χ4n) is 2.80. The number of nitrogens with one attached hydrogen (secondary N) is 1. The standard InChI is InChI=1S/C18H15ClFN3O2S2/c1-9-22-13-5-12(20)11(19)4-10(13)17(23-9)26-6-14(24)15-2-3-16(27-15)18(25)7-21-8-18/h2-5,21,25H,6-8H2,1H3. The minimum atomic E-state index is -0.864. The van der Waals surface area contributed by atoms with Gasteiger partial charge in [-0.25, -0.2) is 14.4 Å². The number of fused-ring (bicyclic) bond motifs is 1. The van der Waals surface area contributed by atoms with Crippen molar-refractivity contribution in [3.8, 4) is 0 Å². The van der Waals surface area contributed by atoms with Gasteiger partial charge in [-0.15, -0.1) is 11.3 Å². The van der Waals surface area contributed by atoms with E-state index < -0.39 is 11.4 Å². The van der Waals surface area contributed by atoms with E-state index in [0.717, 1.165) is 4.88 Å². The summed E-state index contributed by atoms with van der Waals surface area (Å²) < 4.78 is 13.7. The summed E-state index contributed by atoms with van der Waals surface area (Å²) in [5, 5.41) is 14.6. The van der Waals surface area contributed by atoms with E-state index in [9.17, 15) is 14.3 Å². The molecule has 0 saturated carbocycles. The van der Waals surface area contributed by atoms with Crippen molar-refractivity contribution in [1.29, 1.82) is 0 Å². The average molecular weight is 424 g/mol. The number of thioether (sulfide) groups is 1. The lowest BCUT2D eigenvalue weighted by atomic mass is 9.95. The van der Waals surface area contributed by atoms with Gasteiger partial charge >= 0.3 is 0 Å². The van der Waals surface area contributed by atoms with E-state index in [1.54, 1.807) is 19.1 Å². The molecule has 9 heteroatoms. The Labute approximate surface area is 168 Å². The van der Waals surface area contributed by atoms with E-state index in [1.807, 2.05) is 0 Å². The third-order valence-corrected chi connectivity index (χ3v) is 6.93. The van der Waals surface area contributed by atoms with Gasteiger partial charge in [0.05, 0.1) is 21.2 Å². The Bertz CT molecular complexity index is 1050. The summed E-state index contributed by atoms with van der Waals surface area (Å²) >= 11 is 8.47. The van der Waals surface area contributed by atoms with Crippen LogP contribution in [-0.4, -0.2) is 39.7 Å². The fraction of sp³-hybridized carbons (Fsp3) is 0.278. The lowest BCUT2D eigenvalue weighted by Crippen LogP contribution is -2.56. The molecule has 1 saturated heterocycles. The lowest BCUT2D eigenvalue weighted by molar-refractivity contribution is -0.0112. The molecule has 0 amide bonds. The first-order valence-electron chi connectivity index (χ1n) is 8.18. The van der Waals surface area contributed by atoms with E-state index >= 15 is 0 Å². The molecule has 1 aliphatic heterocycles. The number of aromatic nitrogens is 2. The molecule has 0 atom stereocenters. The highest BCUT2D eigenvalue weighted by Gasteiger charge is 2.37. The Balaban J connectivity index is 1.55. The molecule has 2 aromatic heterocycles. The van der Waals surface area contributed by atoms with Gasteiger partial charge < -0.3 is 10.4 Å². The van der Waals surface area contributed by atoms with Gasteiger partial charge in [0, 0.05) is 29.4 Å². The number of benzene rings is 1. The van der Waals surface area contributed by atoms with E-state index in [0.29, 0.717) is 39.7 Å². The van der Waals surface area contributed by atoms with Crippen molar-refractivity contribution in [2.24, 2.45) is 0 Å². The number of halogens is 2. The molecule has 0 unspecified atom stereocenters. The molecule has 4 rings (SSSR count). The monoisotopic (exact) mass is 423 g/mol. The first-order chi connectivity index (χ1) is 12.9. The van der Waals surface area contributed by atoms with Crippen molar-refractivity contribution >= 4 is 51.4 Å². The quantitative estimate of drug-likeness (QED) is 0.371. The van der Waals surface area contributed by atoms with Crippen LogP contribution in [0.3, 0.4) is 0 Å². The average Bonchev–Trinajstić information content (AvgIpc) is 3.09. The number of aryl methyl sites for hydroxylation is 1. The SMILES string of the molecule is Cc1nc(SCC(=O)c2ccc(C3(O)CNC3)s2)c2cc(Cl)c(F)cc2n1. The second-order valence-corrected chi connectivity index (χ2v) is 8.83. The summed E-state index contributed by atoms with van der Waals surface area (Å²) in [6, 6.07) is 6.31. The molecule has 5 nitrogen and oxygen atoms in total.